The zero-order valence-corrected chi connectivity index (χ0v) is 10.6. The maximum absolute atomic E-state index is 13.6. The predicted molar refractivity (Wildman–Crippen MR) is 72.5 cm³/mol. The Morgan fingerprint density at radius 1 is 1.20 bits per heavy atom. The Kier molecular flexibility index (Phi) is 3.74. The molecule has 0 saturated carbocycles. The number of carbonyl (C=O) groups is 1. The Balaban J connectivity index is 2.50. The highest BCUT2D eigenvalue weighted by molar-refractivity contribution is 6.12. The first-order valence-electron chi connectivity index (χ1n) is 5.80. The van der Waals surface area contributed by atoms with Crippen LogP contribution in [0.1, 0.15) is 15.9 Å². The molecule has 0 aliphatic carbocycles. The van der Waals surface area contributed by atoms with Crippen molar-refractivity contribution in [1.82, 2.24) is 0 Å². The fourth-order valence-corrected chi connectivity index (χ4v) is 1.84. The number of nitro benzene ring substituents is 1. The minimum atomic E-state index is -0.627. The normalized spacial score (nSPS) is 10.1. The summed E-state index contributed by atoms with van der Waals surface area (Å²) in [4.78, 5) is 22.4. The van der Waals surface area contributed by atoms with Gasteiger partial charge < -0.3 is 5.32 Å². The van der Waals surface area contributed by atoms with Crippen LogP contribution >= 0.6 is 0 Å². The quantitative estimate of drug-likeness (QED) is 0.528. The molecular weight excluding hydrogens is 263 g/mol. The number of rotatable bonds is 4. The standard InChI is InChI=1S/C14H11FN2O3/c1-16-13-8-9(17(19)20)6-7-11(13)14(18)10-4-2-3-5-12(10)15/h2-8,16H,1H3. The van der Waals surface area contributed by atoms with E-state index in [0.29, 0.717) is 0 Å². The molecule has 102 valence electrons. The number of nitrogens with one attached hydrogen (secondary N) is 1. The second kappa shape index (κ2) is 5.48. The third kappa shape index (κ3) is 2.49. The van der Waals surface area contributed by atoms with Gasteiger partial charge in [-0.2, -0.15) is 0 Å². The van der Waals surface area contributed by atoms with Crippen molar-refractivity contribution in [2.24, 2.45) is 0 Å². The molecule has 2 aromatic rings. The van der Waals surface area contributed by atoms with Crippen molar-refractivity contribution in [3.8, 4) is 0 Å². The third-order valence-corrected chi connectivity index (χ3v) is 2.85. The lowest BCUT2D eigenvalue weighted by molar-refractivity contribution is -0.384. The predicted octanol–water partition coefficient (Wildman–Crippen LogP) is 3.01. The molecule has 6 heteroatoms. The summed E-state index contributed by atoms with van der Waals surface area (Å²) in [7, 11) is 1.54. The molecule has 0 aromatic heterocycles. The van der Waals surface area contributed by atoms with Gasteiger partial charge in [-0.3, -0.25) is 14.9 Å². The van der Waals surface area contributed by atoms with E-state index in [9.17, 15) is 19.3 Å². The Morgan fingerprint density at radius 3 is 2.50 bits per heavy atom. The Bertz CT molecular complexity index is 686. The van der Waals surface area contributed by atoms with Crippen LogP contribution in [0.4, 0.5) is 15.8 Å². The van der Waals surface area contributed by atoms with Crippen molar-refractivity contribution >= 4 is 17.2 Å². The minimum Gasteiger partial charge on any atom is -0.387 e. The topological polar surface area (TPSA) is 72.2 Å². The van der Waals surface area contributed by atoms with Gasteiger partial charge in [0.2, 0.25) is 0 Å². The molecule has 0 bridgehead atoms. The molecule has 5 nitrogen and oxygen atoms in total. The Hall–Kier alpha value is -2.76. The maximum Gasteiger partial charge on any atom is 0.271 e. The van der Waals surface area contributed by atoms with E-state index in [0.717, 1.165) is 0 Å². The fraction of sp³-hybridized carbons (Fsp3) is 0.0714. The van der Waals surface area contributed by atoms with E-state index in [2.05, 4.69) is 5.32 Å². The molecule has 0 amide bonds. The monoisotopic (exact) mass is 274 g/mol. The SMILES string of the molecule is CNc1cc([N+](=O)[O-])ccc1C(=O)c1ccccc1F. The van der Waals surface area contributed by atoms with Crippen LogP contribution in [0.25, 0.3) is 0 Å². The summed E-state index contributed by atoms with van der Waals surface area (Å²) in [5.74, 6) is -1.15. The van der Waals surface area contributed by atoms with Crippen molar-refractivity contribution in [2.75, 3.05) is 12.4 Å². The molecule has 0 aliphatic heterocycles. The zero-order chi connectivity index (χ0) is 14.7. The molecule has 2 rings (SSSR count). The van der Waals surface area contributed by atoms with Crippen molar-refractivity contribution in [3.63, 3.8) is 0 Å². The summed E-state index contributed by atoms with van der Waals surface area (Å²) < 4.78 is 13.6. The van der Waals surface area contributed by atoms with E-state index in [4.69, 9.17) is 0 Å². The first-order chi connectivity index (χ1) is 9.54. The second-order valence-electron chi connectivity index (χ2n) is 4.05. The number of halogens is 1. The summed E-state index contributed by atoms with van der Waals surface area (Å²) in [5, 5.41) is 13.4. The number of nitrogens with zero attached hydrogens (tertiary/aromatic N) is 1. The van der Waals surface area contributed by atoms with Gasteiger partial charge in [0.15, 0.2) is 5.78 Å². The van der Waals surface area contributed by atoms with Gasteiger partial charge in [0.05, 0.1) is 16.2 Å². The smallest absolute Gasteiger partial charge is 0.271 e. The first kappa shape index (κ1) is 13.7. The highest BCUT2D eigenvalue weighted by Gasteiger charge is 2.19. The Labute approximate surface area is 114 Å². The van der Waals surface area contributed by atoms with Gasteiger partial charge in [0.25, 0.3) is 5.69 Å². The van der Waals surface area contributed by atoms with Crippen LogP contribution in [-0.4, -0.2) is 17.8 Å². The molecule has 0 unspecified atom stereocenters. The lowest BCUT2D eigenvalue weighted by Crippen LogP contribution is -2.08. The van der Waals surface area contributed by atoms with Crippen molar-refractivity contribution in [3.05, 3.63) is 69.5 Å². The van der Waals surface area contributed by atoms with Crippen LogP contribution in [0.15, 0.2) is 42.5 Å². The summed E-state index contributed by atoms with van der Waals surface area (Å²) in [6, 6.07) is 9.39. The number of benzene rings is 2. The van der Waals surface area contributed by atoms with Gasteiger partial charge in [0.1, 0.15) is 5.82 Å². The first-order valence-corrected chi connectivity index (χ1v) is 5.80. The maximum atomic E-state index is 13.6. The average Bonchev–Trinajstić information content (AvgIpc) is 2.46. The number of hydrogen-bond acceptors (Lipinski definition) is 4. The molecule has 0 spiro atoms. The number of nitro groups is 1. The van der Waals surface area contributed by atoms with Gasteiger partial charge >= 0.3 is 0 Å². The number of carbonyl (C=O) groups excluding carboxylic acids is 1. The van der Waals surface area contributed by atoms with Crippen LogP contribution in [0.5, 0.6) is 0 Å². The van der Waals surface area contributed by atoms with Gasteiger partial charge in [-0.15, -0.1) is 0 Å². The lowest BCUT2D eigenvalue weighted by atomic mass is 10.0. The number of anilines is 1. The fourth-order valence-electron chi connectivity index (χ4n) is 1.84. The second-order valence-corrected chi connectivity index (χ2v) is 4.05. The average molecular weight is 274 g/mol. The van der Waals surface area contributed by atoms with Gasteiger partial charge in [-0.1, -0.05) is 12.1 Å². The zero-order valence-electron chi connectivity index (χ0n) is 10.6. The van der Waals surface area contributed by atoms with Crippen molar-refractivity contribution in [1.29, 1.82) is 0 Å². The van der Waals surface area contributed by atoms with Crippen LogP contribution in [-0.2, 0) is 0 Å². The molecular formula is C14H11FN2O3. The third-order valence-electron chi connectivity index (χ3n) is 2.85. The van der Waals surface area contributed by atoms with E-state index in [1.54, 1.807) is 6.07 Å². The molecule has 0 atom stereocenters. The number of ketones is 1. The van der Waals surface area contributed by atoms with Crippen LogP contribution in [0.2, 0.25) is 0 Å². The molecule has 1 N–H and O–H groups in total. The van der Waals surface area contributed by atoms with Crippen LogP contribution < -0.4 is 5.32 Å². The molecule has 2 aromatic carbocycles. The molecule has 0 fully saturated rings. The Morgan fingerprint density at radius 2 is 1.90 bits per heavy atom. The van der Waals surface area contributed by atoms with E-state index < -0.39 is 16.5 Å². The van der Waals surface area contributed by atoms with Gasteiger partial charge in [-0.25, -0.2) is 4.39 Å². The molecule has 20 heavy (non-hydrogen) atoms. The van der Waals surface area contributed by atoms with E-state index in [1.165, 1.54) is 43.4 Å². The molecule has 0 radical (unpaired) electrons. The van der Waals surface area contributed by atoms with Crippen molar-refractivity contribution < 1.29 is 14.1 Å². The summed E-state index contributed by atoms with van der Waals surface area (Å²) in [6.45, 7) is 0. The van der Waals surface area contributed by atoms with Crippen molar-refractivity contribution in [2.45, 2.75) is 0 Å². The highest BCUT2D eigenvalue weighted by Crippen LogP contribution is 2.25. The van der Waals surface area contributed by atoms with Crippen LogP contribution in [0.3, 0.4) is 0 Å². The highest BCUT2D eigenvalue weighted by atomic mass is 19.1. The summed E-state index contributed by atoms with van der Waals surface area (Å²) in [6.07, 6.45) is 0. The van der Waals surface area contributed by atoms with Crippen LogP contribution in [0, 0.1) is 15.9 Å². The van der Waals surface area contributed by atoms with Gasteiger partial charge in [-0.05, 0) is 18.2 Å². The van der Waals surface area contributed by atoms with E-state index in [-0.39, 0.29) is 22.5 Å². The van der Waals surface area contributed by atoms with E-state index >= 15 is 0 Å². The largest absolute Gasteiger partial charge is 0.387 e. The summed E-state index contributed by atoms with van der Waals surface area (Å²) >= 11 is 0. The number of non-ortho nitro benzene ring substituents is 1. The molecule has 0 aliphatic rings. The molecule has 0 saturated heterocycles. The lowest BCUT2D eigenvalue weighted by Gasteiger charge is -2.08. The molecule has 0 heterocycles. The van der Waals surface area contributed by atoms with E-state index in [1.807, 2.05) is 0 Å². The minimum absolute atomic E-state index is 0.0714. The summed E-state index contributed by atoms with van der Waals surface area (Å²) in [5.41, 5.74) is 0.257. The van der Waals surface area contributed by atoms with Gasteiger partial charge in [0, 0.05) is 24.7 Å². The number of hydrogen-bond donors (Lipinski definition) is 1.